The summed E-state index contributed by atoms with van der Waals surface area (Å²) in [5.74, 6) is -1.58. The summed E-state index contributed by atoms with van der Waals surface area (Å²) < 4.78 is 26.0. The van der Waals surface area contributed by atoms with Gasteiger partial charge in [-0.2, -0.15) is 0 Å². The van der Waals surface area contributed by atoms with Crippen LogP contribution >= 0.6 is 0 Å². The van der Waals surface area contributed by atoms with E-state index >= 15 is 0 Å². The standard InChI is InChI=1S/C13H9F2NO/c14-11-2-1-10(12(15)8-11)7-13(17)9-3-5-16-6-4-9/h1-6,8H,7H2. The van der Waals surface area contributed by atoms with E-state index in [1.165, 1.54) is 18.5 Å². The summed E-state index contributed by atoms with van der Waals surface area (Å²) in [6, 6.07) is 6.31. The van der Waals surface area contributed by atoms with Crippen LogP contribution in [0.25, 0.3) is 0 Å². The Kier molecular flexibility index (Phi) is 3.23. The van der Waals surface area contributed by atoms with Crippen LogP contribution in [0.2, 0.25) is 0 Å². The van der Waals surface area contributed by atoms with E-state index < -0.39 is 11.6 Å². The monoisotopic (exact) mass is 233 g/mol. The summed E-state index contributed by atoms with van der Waals surface area (Å²) in [6.07, 6.45) is 2.90. The Morgan fingerprint density at radius 3 is 2.47 bits per heavy atom. The van der Waals surface area contributed by atoms with Crippen molar-refractivity contribution in [2.75, 3.05) is 0 Å². The summed E-state index contributed by atoms with van der Waals surface area (Å²) in [6.45, 7) is 0. The number of aromatic nitrogens is 1. The van der Waals surface area contributed by atoms with E-state index in [0.29, 0.717) is 5.56 Å². The number of halogens is 2. The van der Waals surface area contributed by atoms with Gasteiger partial charge in [0, 0.05) is 30.4 Å². The molecule has 2 rings (SSSR count). The van der Waals surface area contributed by atoms with Crippen LogP contribution in [0, 0.1) is 11.6 Å². The zero-order valence-electron chi connectivity index (χ0n) is 8.86. The fraction of sp³-hybridized carbons (Fsp3) is 0.0769. The highest BCUT2D eigenvalue weighted by Gasteiger charge is 2.10. The zero-order valence-corrected chi connectivity index (χ0v) is 8.86. The SMILES string of the molecule is O=C(Cc1ccc(F)cc1F)c1ccncc1. The number of hydrogen-bond acceptors (Lipinski definition) is 2. The van der Waals surface area contributed by atoms with Crippen LogP contribution in [0.4, 0.5) is 8.78 Å². The van der Waals surface area contributed by atoms with Crippen molar-refractivity contribution >= 4 is 5.78 Å². The fourth-order valence-corrected chi connectivity index (χ4v) is 1.48. The quantitative estimate of drug-likeness (QED) is 0.763. The van der Waals surface area contributed by atoms with Gasteiger partial charge in [-0.05, 0) is 23.8 Å². The van der Waals surface area contributed by atoms with Gasteiger partial charge in [0.15, 0.2) is 5.78 Å². The lowest BCUT2D eigenvalue weighted by molar-refractivity contribution is 0.0991. The first-order valence-corrected chi connectivity index (χ1v) is 5.04. The molecule has 0 saturated heterocycles. The molecule has 2 nitrogen and oxygen atoms in total. The Hall–Kier alpha value is -2.10. The van der Waals surface area contributed by atoms with Crippen LogP contribution in [-0.4, -0.2) is 10.8 Å². The molecule has 0 unspecified atom stereocenters. The van der Waals surface area contributed by atoms with Crippen molar-refractivity contribution in [3.63, 3.8) is 0 Å². The third-order valence-electron chi connectivity index (χ3n) is 2.37. The predicted octanol–water partition coefficient (Wildman–Crippen LogP) is 2.79. The maximum Gasteiger partial charge on any atom is 0.167 e. The van der Waals surface area contributed by atoms with Crippen LogP contribution in [0.15, 0.2) is 42.7 Å². The van der Waals surface area contributed by atoms with E-state index in [4.69, 9.17) is 0 Å². The Morgan fingerprint density at radius 2 is 1.82 bits per heavy atom. The van der Waals surface area contributed by atoms with E-state index in [0.717, 1.165) is 12.1 Å². The van der Waals surface area contributed by atoms with Gasteiger partial charge in [0.1, 0.15) is 11.6 Å². The predicted molar refractivity (Wildman–Crippen MR) is 58.6 cm³/mol. The number of rotatable bonds is 3. The van der Waals surface area contributed by atoms with Gasteiger partial charge in [0.05, 0.1) is 0 Å². The van der Waals surface area contributed by atoms with Crippen LogP contribution in [-0.2, 0) is 6.42 Å². The first kappa shape index (κ1) is 11.4. The lowest BCUT2D eigenvalue weighted by atomic mass is 10.0. The highest BCUT2D eigenvalue weighted by atomic mass is 19.1. The number of benzene rings is 1. The van der Waals surface area contributed by atoms with Crippen molar-refractivity contribution in [2.45, 2.75) is 6.42 Å². The van der Waals surface area contributed by atoms with Crippen LogP contribution in [0.3, 0.4) is 0 Å². The summed E-state index contributed by atoms with van der Waals surface area (Å²) in [5.41, 5.74) is 0.650. The molecule has 0 fully saturated rings. The number of ketones is 1. The largest absolute Gasteiger partial charge is 0.294 e. The molecule has 1 heterocycles. The van der Waals surface area contributed by atoms with Crippen molar-refractivity contribution in [2.24, 2.45) is 0 Å². The minimum absolute atomic E-state index is 0.0872. The normalized spacial score (nSPS) is 10.2. The van der Waals surface area contributed by atoms with Crippen molar-refractivity contribution in [1.29, 1.82) is 0 Å². The lowest BCUT2D eigenvalue weighted by Crippen LogP contribution is -2.05. The highest BCUT2D eigenvalue weighted by molar-refractivity contribution is 5.97. The van der Waals surface area contributed by atoms with Crippen LogP contribution in [0.5, 0.6) is 0 Å². The van der Waals surface area contributed by atoms with Gasteiger partial charge >= 0.3 is 0 Å². The molecule has 4 heteroatoms. The smallest absolute Gasteiger partial charge is 0.167 e. The molecule has 0 N–H and O–H groups in total. The molecule has 1 aromatic carbocycles. The van der Waals surface area contributed by atoms with Crippen LogP contribution in [0.1, 0.15) is 15.9 Å². The number of pyridine rings is 1. The minimum atomic E-state index is -0.701. The summed E-state index contributed by atoms with van der Waals surface area (Å²) in [5, 5.41) is 0. The third kappa shape index (κ3) is 2.72. The van der Waals surface area contributed by atoms with E-state index in [2.05, 4.69) is 4.98 Å². The zero-order chi connectivity index (χ0) is 12.3. The summed E-state index contributed by atoms with van der Waals surface area (Å²) >= 11 is 0. The first-order chi connectivity index (χ1) is 8.16. The van der Waals surface area contributed by atoms with Crippen molar-refractivity contribution in [3.05, 3.63) is 65.5 Å². The molecular formula is C13H9F2NO. The Bertz CT molecular complexity index is 540. The second-order valence-corrected chi connectivity index (χ2v) is 3.57. The Labute approximate surface area is 96.9 Å². The maximum absolute atomic E-state index is 13.3. The van der Waals surface area contributed by atoms with E-state index in [-0.39, 0.29) is 17.8 Å². The average molecular weight is 233 g/mol. The van der Waals surface area contributed by atoms with Gasteiger partial charge in [-0.15, -0.1) is 0 Å². The topological polar surface area (TPSA) is 30.0 Å². The number of carbonyl (C=O) groups is 1. The molecule has 0 amide bonds. The number of carbonyl (C=O) groups excluding carboxylic acids is 1. The van der Waals surface area contributed by atoms with Gasteiger partial charge in [-0.1, -0.05) is 6.07 Å². The first-order valence-electron chi connectivity index (χ1n) is 5.04. The Morgan fingerprint density at radius 1 is 1.12 bits per heavy atom. The molecule has 0 bridgehead atoms. The molecule has 0 spiro atoms. The molecule has 0 radical (unpaired) electrons. The van der Waals surface area contributed by atoms with E-state index in [1.54, 1.807) is 12.1 Å². The van der Waals surface area contributed by atoms with Gasteiger partial charge in [-0.3, -0.25) is 9.78 Å². The molecule has 0 saturated carbocycles. The molecule has 1 aromatic heterocycles. The maximum atomic E-state index is 13.3. The van der Waals surface area contributed by atoms with Crippen molar-refractivity contribution < 1.29 is 13.6 Å². The Balaban J connectivity index is 2.19. The molecule has 2 aromatic rings. The molecule has 17 heavy (non-hydrogen) atoms. The molecule has 0 aliphatic carbocycles. The number of Topliss-reactive ketones (excluding diaryl/α,β-unsaturated/α-hetero) is 1. The number of hydrogen-bond donors (Lipinski definition) is 0. The van der Waals surface area contributed by atoms with Gasteiger partial charge in [0.25, 0.3) is 0 Å². The lowest BCUT2D eigenvalue weighted by Gasteiger charge is -2.02. The van der Waals surface area contributed by atoms with Gasteiger partial charge in [0.2, 0.25) is 0 Å². The second-order valence-electron chi connectivity index (χ2n) is 3.57. The average Bonchev–Trinajstić information content (AvgIpc) is 2.34. The fourth-order valence-electron chi connectivity index (χ4n) is 1.48. The third-order valence-corrected chi connectivity index (χ3v) is 2.37. The molecule has 0 aliphatic heterocycles. The highest BCUT2D eigenvalue weighted by Crippen LogP contribution is 2.12. The van der Waals surface area contributed by atoms with Crippen molar-refractivity contribution in [1.82, 2.24) is 4.98 Å². The molecule has 86 valence electrons. The van der Waals surface area contributed by atoms with Gasteiger partial charge in [-0.25, -0.2) is 8.78 Å². The molecule has 0 aliphatic rings. The van der Waals surface area contributed by atoms with E-state index in [1.807, 2.05) is 0 Å². The second kappa shape index (κ2) is 4.82. The number of nitrogens with zero attached hydrogens (tertiary/aromatic N) is 1. The van der Waals surface area contributed by atoms with Crippen molar-refractivity contribution in [3.8, 4) is 0 Å². The molecular weight excluding hydrogens is 224 g/mol. The van der Waals surface area contributed by atoms with Crippen LogP contribution < -0.4 is 0 Å². The molecule has 0 atom stereocenters. The minimum Gasteiger partial charge on any atom is -0.294 e. The summed E-state index contributed by atoms with van der Waals surface area (Å²) in [7, 11) is 0. The van der Waals surface area contributed by atoms with Gasteiger partial charge < -0.3 is 0 Å². The van der Waals surface area contributed by atoms with E-state index in [9.17, 15) is 13.6 Å². The summed E-state index contributed by atoms with van der Waals surface area (Å²) in [4.78, 5) is 15.6.